The Morgan fingerprint density at radius 1 is 1.26 bits per heavy atom. The third-order valence-electron chi connectivity index (χ3n) is 6.73. The lowest BCUT2D eigenvalue weighted by Crippen LogP contribution is -2.54. The molecule has 2 fully saturated rings. The topological polar surface area (TPSA) is 108 Å². The number of nitrogens with two attached hydrogens (primary N) is 1. The molecule has 34 heavy (non-hydrogen) atoms. The van der Waals surface area contributed by atoms with E-state index in [1.807, 2.05) is 30.0 Å². The number of piperazine rings is 1. The van der Waals surface area contributed by atoms with Gasteiger partial charge in [0.1, 0.15) is 0 Å². The fourth-order valence-corrected chi connectivity index (χ4v) is 4.86. The van der Waals surface area contributed by atoms with Gasteiger partial charge in [0.05, 0.1) is 35.4 Å². The largest absolute Gasteiger partial charge is 0.396 e. The third kappa shape index (κ3) is 4.09. The Hall–Kier alpha value is -3.52. The number of carbonyl (C=O) groups is 1. The monoisotopic (exact) mass is 458 g/mol. The predicted molar refractivity (Wildman–Crippen MR) is 134 cm³/mol. The van der Waals surface area contributed by atoms with Crippen LogP contribution in [0, 0.1) is 0 Å². The van der Waals surface area contributed by atoms with Crippen LogP contribution in [0.2, 0.25) is 0 Å². The third-order valence-corrected chi connectivity index (χ3v) is 6.73. The first-order valence-electron chi connectivity index (χ1n) is 11.8. The van der Waals surface area contributed by atoms with Gasteiger partial charge in [-0.15, -0.1) is 0 Å². The van der Waals surface area contributed by atoms with Crippen molar-refractivity contribution in [3.63, 3.8) is 0 Å². The van der Waals surface area contributed by atoms with Crippen molar-refractivity contribution in [2.75, 3.05) is 36.9 Å². The molecule has 1 saturated heterocycles. The molecular formula is C26H30N6O2. The second-order valence-corrected chi connectivity index (χ2v) is 9.16. The average Bonchev–Trinajstić information content (AvgIpc) is 3.68. The van der Waals surface area contributed by atoms with Gasteiger partial charge < -0.3 is 20.6 Å². The molecule has 1 atom stereocenters. The molecule has 3 aromatic heterocycles. The van der Waals surface area contributed by atoms with Gasteiger partial charge in [0.15, 0.2) is 5.82 Å². The normalized spacial score (nSPS) is 18.4. The average molecular weight is 459 g/mol. The number of nitrogen functional groups attached to an aromatic ring is 1. The Morgan fingerprint density at radius 3 is 2.79 bits per heavy atom. The van der Waals surface area contributed by atoms with Crippen LogP contribution in [-0.4, -0.2) is 63.1 Å². The highest BCUT2D eigenvalue weighted by Gasteiger charge is 2.33. The molecule has 0 aromatic carbocycles. The van der Waals surface area contributed by atoms with Crippen LogP contribution in [0.5, 0.6) is 0 Å². The lowest BCUT2D eigenvalue weighted by atomic mass is 9.97. The van der Waals surface area contributed by atoms with Crippen LogP contribution in [0.3, 0.4) is 0 Å². The van der Waals surface area contributed by atoms with Gasteiger partial charge >= 0.3 is 0 Å². The molecular weight excluding hydrogens is 428 g/mol. The minimum absolute atomic E-state index is 0.0123. The van der Waals surface area contributed by atoms with Crippen molar-refractivity contribution < 1.29 is 9.90 Å². The summed E-state index contributed by atoms with van der Waals surface area (Å²) in [6.45, 7) is 7.71. The first kappa shape index (κ1) is 22.3. The summed E-state index contributed by atoms with van der Waals surface area (Å²) in [7, 11) is 0. The van der Waals surface area contributed by atoms with Gasteiger partial charge in [-0.2, -0.15) is 0 Å². The van der Waals surface area contributed by atoms with Crippen molar-refractivity contribution in [1.29, 1.82) is 0 Å². The molecule has 1 aliphatic carbocycles. The molecule has 1 aliphatic heterocycles. The van der Waals surface area contributed by atoms with Crippen molar-refractivity contribution in [3.05, 3.63) is 48.6 Å². The Labute approximate surface area is 199 Å². The zero-order chi connectivity index (χ0) is 23.8. The van der Waals surface area contributed by atoms with Crippen LogP contribution >= 0.6 is 0 Å². The van der Waals surface area contributed by atoms with E-state index in [9.17, 15) is 4.79 Å². The lowest BCUT2D eigenvalue weighted by Gasteiger charge is -2.41. The van der Waals surface area contributed by atoms with Gasteiger partial charge in [0.25, 0.3) is 0 Å². The van der Waals surface area contributed by atoms with Crippen LogP contribution in [0.4, 0.5) is 11.5 Å². The number of aromatic nitrogens is 3. The minimum atomic E-state index is -0.125. The zero-order valence-electron chi connectivity index (χ0n) is 19.4. The molecule has 8 heteroatoms. The second-order valence-electron chi connectivity index (χ2n) is 9.16. The summed E-state index contributed by atoms with van der Waals surface area (Å²) in [4.78, 5) is 30.4. The van der Waals surface area contributed by atoms with Gasteiger partial charge in [0, 0.05) is 55.2 Å². The van der Waals surface area contributed by atoms with Gasteiger partial charge in [-0.05, 0) is 49.6 Å². The van der Waals surface area contributed by atoms with E-state index in [1.54, 1.807) is 18.5 Å². The molecule has 1 saturated carbocycles. The number of rotatable bonds is 6. The van der Waals surface area contributed by atoms with Crippen molar-refractivity contribution in [2.45, 2.75) is 38.1 Å². The van der Waals surface area contributed by atoms with E-state index < -0.39 is 0 Å². The molecule has 5 rings (SSSR count). The van der Waals surface area contributed by atoms with Crippen molar-refractivity contribution in [2.24, 2.45) is 0 Å². The maximum Gasteiger partial charge on any atom is 0.225 e. The predicted octanol–water partition coefficient (Wildman–Crippen LogP) is 3.21. The fourth-order valence-electron chi connectivity index (χ4n) is 4.86. The molecule has 3 aromatic rings. The Balaban J connectivity index is 1.54. The molecule has 0 spiro atoms. The van der Waals surface area contributed by atoms with Gasteiger partial charge in [-0.25, -0.2) is 9.97 Å². The molecule has 8 nitrogen and oxygen atoms in total. The number of carbonyl (C=O) groups excluding carboxylic acids is 1. The molecule has 0 bridgehead atoms. The number of pyridine rings is 3. The minimum Gasteiger partial charge on any atom is -0.396 e. The van der Waals surface area contributed by atoms with E-state index in [-0.39, 0.29) is 25.0 Å². The van der Waals surface area contributed by atoms with E-state index in [4.69, 9.17) is 15.8 Å². The van der Waals surface area contributed by atoms with Crippen molar-refractivity contribution in [3.8, 4) is 11.1 Å². The number of hydrogen-bond acceptors (Lipinski definition) is 7. The zero-order valence-corrected chi connectivity index (χ0v) is 19.4. The quantitative estimate of drug-likeness (QED) is 0.584. The highest BCUT2D eigenvalue weighted by molar-refractivity contribution is 5.96. The lowest BCUT2D eigenvalue weighted by molar-refractivity contribution is -0.134. The summed E-state index contributed by atoms with van der Waals surface area (Å²) in [5.41, 5.74) is 12.0. The molecule has 3 N–H and O–H groups in total. The van der Waals surface area contributed by atoms with E-state index in [0.29, 0.717) is 31.2 Å². The number of hydrogen-bond donors (Lipinski definition) is 2. The molecule has 0 unspecified atom stereocenters. The molecule has 0 radical (unpaired) electrons. The number of anilines is 2. The maximum atomic E-state index is 12.3. The van der Waals surface area contributed by atoms with Crippen LogP contribution in [0.15, 0.2) is 37.2 Å². The van der Waals surface area contributed by atoms with Gasteiger partial charge in [-0.1, -0.05) is 6.58 Å². The number of aliphatic hydroxyl groups excluding tert-OH is 1. The first-order valence-corrected chi connectivity index (χ1v) is 11.8. The number of amides is 1. The fraction of sp³-hybridized carbons (Fsp3) is 0.385. The summed E-state index contributed by atoms with van der Waals surface area (Å²) >= 11 is 0. The highest BCUT2D eigenvalue weighted by atomic mass is 16.3. The van der Waals surface area contributed by atoms with Crippen LogP contribution in [-0.2, 0) is 4.79 Å². The molecule has 1 amide bonds. The van der Waals surface area contributed by atoms with Crippen molar-refractivity contribution >= 4 is 34.4 Å². The SMILES string of the molecule is C=Cc1cc(-c2cc(N)c(N3CCN(C(=O)CCO)[C@H](C)C3)nc2C2CC2)c2ccncc2n1. The number of fused-ring (bicyclic) bond motifs is 1. The summed E-state index contributed by atoms with van der Waals surface area (Å²) in [6, 6.07) is 6.09. The summed E-state index contributed by atoms with van der Waals surface area (Å²) in [5, 5.41) is 10.1. The van der Waals surface area contributed by atoms with Crippen LogP contribution in [0.1, 0.15) is 43.5 Å². The van der Waals surface area contributed by atoms with E-state index in [0.717, 1.165) is 52.1 Å². The molecule has 176 valence electrons. The van der Waals surface area contributed by atoms with E-state index in [2.05, 4.69) is 21.4 Å². The van der Waals surface area contributed by atoms with Gasteiger partial charge in [0.2, 0.25) is 5.91 Å². The number of aliphatic hydroxyl groups is 1. The smallest absolute Gasteiger partial charge is 0.225 e. The molecule has 2 aliphatic rings. The Kier molecular flexibility index (Phi) is 5.91. The Bertz CT molecular complexity index is 1260. The van der Waals surface area contributed by atoms with Crippen LogP contribution < -0.4 is 10.6 Å². The van der Waals surface area contributed by atoms with Gasteiger partial charge in [-0.3, -0.25) is 9.78 Å². The second kappa shape index (κ2) is 9.02. The van der Waals surface area contributed by atoms with E-state index >= 15 is 0 Å². The highest BCUT2D eigenvalue weighted by Crippen LogP contribution is 2.46. The summed E-state index contributed by atoms with van der Waals surface area (Å²) < 4.78 is 0. The molecule has 4 heterocycles. The Morgan fingerprint density at radius 2 is 2.09 bits per heavy atom. The first-order chi connectivity index (χ1) is 16.5. The maximum absolute atomic E-state index is 12.3. The van der Waals surface area contributed by atoms with Crippen LogP contribution in [0.25, 0.3) is 28.1 Å². The number of nitrogens with zero attached hydrogens (tertiary/aromatic N) is 5. The van der Waals surface area contributed by atoms with Crippen molar-refractivity contribution in [1.82, 2.24) is 19.9 Å². The summed E-state index contributed by atoms with van der Waals surface area (Å²) in [5.74, 6) is 1.19. The summed E-state index contributed by atoms with van der Waals surface area (Å²) in [6.07, 6.45) is 7.68. The standard InChI is InChI=1S/C26H30N6O2/c1-3-18-12-20(19-6-8-28-14-23(19)29-18)21-13-22(27)26(30-25(21)17-4-5-17)31-9-10-32(16(2)15-31)24(34)7-11-33/h3,6,8,12-14,16-17,33H,1,4-5,7,9-11,15,27H2,2H3/t16-/m1/s1. The van der Waals surface area contributed by atoms with E-state index in [1.165, 1.54) is 0 Å².